The molecule has 0 atom stereocenters. The Morgan fingerprint density at radius 1 is 1.05 bits per heavy atom. The molecule has 6 heteroatoms. The monoisotopic (exact) mass is 280 g/mol. The summed E-state index contributed by atoms with van der Waals surface area (Å²) in [5, 5.41) is 9.10. The molecule has 2 rings (SSSR count). The highest BCUT2D eigenvalue weighted by Crippen LogP contribution is 2.26. The molecule has 0 aromatic heterocycles. The lowest BCUT2D eigenvalue weighted by molar-refractivity contribution is 0.0697. The molecule has 2 aromatic carbocycles. The van der Waals surface area contributed by atoms with Gasteiger partial charge in [0.25, 0.3) is 0 Å². The molecule has 1 N–H and O–H groups in total. The summed E-state index contributed by atoms with van der Waals surface area (Å²) in [5.41, 5.74) is 0.688. The number of carbonyl (C=O) groups is 1. The van der Waals surface area contributed by atoms with Gasteiger partial charge in [0.15, 0.2) is 0 Å². The minimum absolute atomic E-state index is 0.259. The average molecular weight is 280 g/mol. The van der Waals surface area contributed by atoms with E-state index in [1.54, 1.807) is 30.3 Å². The number of halogens is 1. The van der Waals surface area contributed by atoms with Gasteiger partial charge in [0.05, 0.1) is 10.5 Å². The van der Waals surface area contributed by atoms with Crippen LogP contribution in [0.2, 0.25) is 0 Å². The molecular weight excluding hydrogens is 271 g/mol. The van der Waals surface area contributed by atoms with E-state index in [2.05, 4.69) is 0 Å². The van der Waals surface area contributed by atoms with Crippen molar-refractivity contribution in [2.75, 3.05) is 0 Å². The predicted octanol–water partition coefficient (Wildman–Crippen LogP) is 2.71. The van der Waals surface area contributed by atoms with E-state index in [4.69, 9.17) is 5.11 Å². The maximum absolute atomic E-state index is 12.9. The van der Waals surface area contributed by atoms with Crippen LogP contribution < -0.4 is 0 Å². The van der Waals surface area contributed by atoms with Crippen LogP contribution in [-0.4, -0.2) is 19.5 Å². The minimum Gasteiger partial charge on any atom is -0.478 e. The van der Waals surface area contributed by atoms with E-state index in [0.29, 0.717) is 11.1 Å². The Morgan fingerprint density at radius 3 is 2.21 bits per heavy atom. The van der Waals surface area contributed by atoms with Gasteiger partial charge >= 0.3 is 16.2 Å². The van der Waals surface area contributed by atoms with Gasteiger partial charge in [-0.05, 0) is 23.3 Å². The van der Waals surface area contributed by atoms with Crippen LogP contribution in [0.3, 0.4) is 0 Å². The number of rotatable bonds is 3. The van der Waals surface area contributed by atoms with Crippen molar-refractivity contribution in [1.29, 1.82) is 0 Å². The summed E-state index contributed by atoms with van der Waals surface area (Å²) in [4.78, 5) is 10.5. The summed E-state index contributed by atoms with van der Waals surface area (Å²) < 4.78 is 34.5. The van der Waals surface area contributed by atoms with Crippen LogP contribution in [0.4, 0.5) is 3.89 Å². The highest BCUT2D eigenvalue weighted by Gasteiger charge is 2.18. The zero-order chi connectivity index (χ0) is 14.0. The van der Waals surface area contributed by atoms with Crippen LogP contribution in [0.15, 0.2) is 53.4 Å². The fraction of sp³-hybridized carbons (Fsp3) is 0. The van der Waals surface area contributed by atoms with Crippen molar-refractivity contribution >= 4 is 16.2 Å². The molecule has 0 bridgehead atoms. The molecule has 0 aliphatic rings. The van der Waals surface area contributed by atoms with E-state index in [9.17, 15) is 17.1 Å². The largest absolute Gasteiger partial charge is 0.478 e. The molecule has 0 saturated carbocycles. The summed E-state index contributed by atoms with van der Waals surface area (Å²) >= 11 is 0. The second-order valence-electron chi connectivity index (χ2n) is 3.82. The van der Waals surface area contributed by atoms with Gasteiger partial charge in [-0.25, -0.2) is 4.79 Å². The van der Waals surface area contributed by atoms with Gasteiger partial charge in [-0.15, -0.1) is 3.89 Å². The Balaban J connectivity index is 2.67. The molecule has 0 aliphatic heterocycles. The number of carboxylic acids is 1. The topological polar surface area (TPSA) is 71.4 Å². The maximum Gasteiger partial charge on any atom is 0.336 e. The van der Waals surface area contributed by atoms with Gasteiger partial charge in [-0.2, -0.15) is 8.42 Å². The second-order valence-corrected chi connectivity index (χ2v) is 5.16. The van der Waals surface area contributed by atoms with Crippen molar-refractivity contribution < 1.29 is 22.2 Å². The summed E-state index contributed by atoms with van der Waals surface area (Å²) in [6, 6.07) is 11.7. The van der Waals surface area contributed by atoms with E-state index in [1.807, 2.05) is 0 Å². The van der Waals surface area contributed by atoms with Crippen LogP contribution in [-0.2, 0) is 10.2 Å². The van der Waals surface area contributed by atoms with Crippen LogP contribution in [0, 0.1) is 0 Å². The molecule has 0 heterocycles. The lowest BCUT2D eigenvalue weighted by Crippen LogP contribution is -2.02. The Hall–Kier alpha value is -2.21. The molecule has 2 aromatic rings. The molecule has 0 aliphatic carbocycles. The Kier molecular flexibility index (Phi) is 3.35. The van der Waals surface area contributed by atoms with Crippen molar-refractivity contribution in [2.45, 2.75) is 4.90 Å². The fourth-order valence-electron chi connectivity index (χ4n) is 1.72. The third-order valence-corrected chi connectivity index (χ3v) is 3.40. The normalized spacial score (nSPS) is 11.2. The van der Waals surface area contributed by atoms with Gasteiger partial charge < -0.3 is 5.11 Å². The van der Waals surface area contributed by atoms with Gasteiger partial charge in [-0.3, -0.25) is 0 Å². The van der Waals surface area contributed by atoms with E-state index in [1.165, 1.54) is 6.07 Å². The van der Waals surface area contributed by atoms with Crippen molar-refractivity contribution in [3.8, 4) is 11.1 Å². The molecule has 98 valence electrons. The standard InChI is InChI=1S/C13H9FO4S/c14-19(17,18)10-6-7-11(12(8-10)13(15)16)9-4-2-1-3-5-9/h1-8H,(H,15,16). The number of hydrogen-bond donors (Lipinski definition) is 1. The van der Waals surface area contributed by atoms with Gasteiger partial charge in [0.2, 0.25) is 0 Å². The zero-order valence-corrected chi connectivity index (χ0v) is 10.4. The molecule has 0 spiro atoms. The van der Waals surface area contributed by atoms with Gasteiger partial charge in [0.1, 0.15) is 0 Å². The number of carboxylic acid groups (broad SMARTS) is 1. The van der Waals surface area contributed by atoms with E-state index < -0.39 is 21.1 Å². The Labute approximate surface area is 109 Å². The summed E-state index contributed by atoms with van der Waals surface area (Å²) in [5.74, 6) is -1.32. The third-order valence-electron chi connectivity index (χ3n) is 2.59. The SMILES string of the molecule is O=C(O)c1cc(S(=O)(=O)F)ccc1-c1ccccc1. The van der Waals surface area contributed by atoms with Crippen molar-refractivity contribution in [1.82, 2.24) is 0 Å². The molecular formula is C13H9FO4S. The quantitative estimate of drug-likeness (QED) is 0.877. The lowest BCUT2D eigenvalue weighted by atomic mass is 10.00. The van der Waals surface area contributed by atoms with Gasteiger partial charge in [0, 0.05) is 0 Å². The van der Waals surface area contributed by atoms with Crippen LogP contribution in [0.5, 0.6) is 0 Å². The minimum atomic E-state index is -4.92. The summed E-state index contributed by atoms with van der Waals surface area (Å²) in [6.07, 6.45) is 0. The zero-order valence-electron chi connectivity index (χ0n) is 9.58. The number of hydrogen-bond acceptors (Lipinski definition) is 3. The maximum atomic E-state index is 12.9. The van der Waals surface area contributed by atoms with Crippen LogP contribution in [0.1, 0.15) is 10.4 Å². The highest BCUT2D eigenvalue weighted by atomic mass is 32.3. The molecule has 0 unspecified atom stereocenters. The number of benzene rings is 2. The number of aromatic carboxylic acids is 1. The summed E-state index contributed by atoms with van der Waals surface area (Å²) in [7, 11) is -4.92. The Morgan fingerprint density at radius 2 is 1.68 bits per heavy atom. The second kappa shape index (κ2) is 4.81. The van der Waals surface area contributed by atoms with Crippen LogP contribution >= 0.6 is 0 Å². The predicted molar refractivity (Wildman–Crippen MR) is 67.1 cm³/mol. The Bertz CT molecular complexity index is 724. The molecule has 19 heavy (non-hydrogen) atoms. The smallest absolute Gasteiger partial charge is 0.336 e. The van der Waals surface area contributed by atoms with E-state index >= 15 is 0 Å². The van der Waals surface area contributed by atoms with Crippen molar-refractivity contribution in [3.05, 3.63) is 54.1 Å². The first kappa shape index (κ1) is 13.2. The molecule has 0 amide bonds. The van der Waals surface area contributed by atoms with Gasteiger partial charge in [-0.1, -0.05) is 36.4 Å². The van der Waals surface area contributed by atoms with Crippen molar-refractivity contribution in [2.24, 2.45) is 0 Å². The fourth-order valence-corrected chi connectivity index (χ4v) is 2.21. The van der Waals surface area contributed by atoms with E-state index in [0.717, 1.165) is 12.1 Å². The molecule has 0 fully saturated rings. The molecule has 0 radical (unpaired) electrons. The third kappa shape index (κ3) is 2.79. The highest BCUT2D eigenvalue weighted by molar-refractivity contribution is 7.86. The van der Waals surface area contributed by atoms with E-state index in [-0.39, 0.29) is 5.56 Å². The first-order valence-electron chi connectivity index (χ1n) is 5.27. The first-order chi connectivity index (χ1) is 8.89. The lowest BCUT2D eigenvalue weighted by Gasteiger charge is -2.07. The molecule has 4 nitrogen and oxygen atoms in total. The average Bonchev–Trinajstić information content (AvgIpc) is 2.38. The van der Waals surface area contributed by atoms with Crippen LogP contribution in [0.25, 0.3) is 11.1 Å². The molecule has 0 saturated heterocycles. The van der Waals surface area contributed by atoms with Crippen molar-refractivity contribution in [3.63, 3.8) is 0 Å². The first-order valence-corrected chi connectivity index (χ1v) is 6.65. The summed E-state index contributed by atoms with van der Waals surface area (Å²) in [6.45, 7) is 0.